The van der Waals surface area contributed by atoms with Crippen LogP contribution in [0.25, 0.3) is 0 Å². The van der Waals surface area contributed by atoms with Crippen molar-refractivity contribution in [2.45, 2.75) is 57.8 Å². The van der Waals surface area contributed by atoms with Crippen LogP contribution in [0.2, 0.25) is 0 Å². The molecule has 0 aromatic heterocycles. The van der Waals surface area contributed by atoms with Crippen LogP contribution in [0.5, 0.6) is 0 Å². The maximum atomic E-state index is 11.5. The Balaban J connectivity index is 2.31. The number of piperidine rings is 1. The van der Waals surface area contributed by atoms with Crippen molar-refractivity contribution in [3.63, 3.8) is 0 Å². The summed E-state index contributed by atoms with van der Waals surface area (Å²) in [5, 5.41) is 12.6. The van der Waals surface area contributed by atoms with Crippen LogP contribution in [-0.4, -0.2) is 35.4 Å². The van der Waals surface area contributed by atoms with Crippen molar-refractivity contribution in [1.29, 1.82) is 0 Å². The summed E-state index contributed by atoms with van der Waals surface area (Å²) in [6, 6.07) is 0.0589. The highest BCUT2D eigenvalue weighted by Crippen LogP contribution is 2.14. The lowest BCUT2D eigenvalue weighted by atomic mass is 9.99. The summed E-state index contributed by atoms with van der Waals surface area (Å²) in [6.45, 7) is 6.34. The highest BCUT2D eigenvalue weighted by molar-refractivity contribution is 5.70. The number of aliphatic hydroxyl groups is 1. The van der Waals surface area contributed by atoms with E-state index in [4.69, 9.17) is 4.74 Å². The summed E-state index contributed by atoms with van der Waals surface area (Å²) >= 11 is 0. The van der Waals surface area contributed by atoms with Gasteiger partial charge in [-0.15, -0.1) is 0 Å². The molecule has 1 aliphatic rings. The van der Waals surface area contributed by atoms with E-state index >= 15 is 0 Å². The summed E-state index contributed by atoms with van der Waals surface area (Å²) in [5.41, 5.74) is -0.426. The first kappa shape index (κ1) is 12.5. The Morgan fingerprint density at radius 2 is 2.20 bits per heavy atom. The van der Waals surface area contributed by atoms with Gasteiger partial charge in [-0.05, 0) is 40.2 Å². The summed E-state index contributed by atoms with van der Waals surface area (Å²) < 4.78 is 5.22. The van der Waals surface area contributed by atoms with E-state index in [-0.39, 0.29) is 18.1 Å². The zero-order valence-electron chi connectivity index (χ0n) is 9.75. The minimum Gasteiger partial charge on any atom is -0.460 e. The van der Waals surface area contributed by atoms with Crippen LogP contribution in [0, 0.1) is 0 Å². The minimum atomic E-state index is -0.426. The topological polar surface area (TPSA) is 58.6 Å². The molecule has 1 aliphatic heterocycles. The van der Waals surface area contributed by atoms with E-state index in [1.807, 2.05) is 20.8 Å². The van der Waals surface area contributed by atoms with Crippen LogP contribution in [0.3, 0.4) is 0 Å². The summed E-state index contributed by atoms with van der Waals surface area (Å²) in [4.78, 5) is 11.5. The van der Waals surface area contributed by atoms with Gasteiger partial charge in [0.1, 0.15) is 5.60 Å². The smallest absolute Gasteiger partial charge is 0.307 e. The van der Waals surface area contributed by atoms with E-state index in [0.717, 1.165) is 13.0 Å². The van der Waals surface area contributed by atoms with Crippen molar-refractivity contribution in [2.75, 3.05) is 6.54 Å². The van der Waals surface area contributed by atoms with E-state index in [0.29, 0.717) is 12.8 Å². The number of rotatable bonds is 2. The Hall–Kier alpha value is -0.610. The van der Waals surface area contributed by atoms with Gasteiger partial charge in [0.2, 0.25) is 0 Å². The quantitative estimate of drug-likeness (QED) is 0.670. The van der Waals surface area contributed by atoms with Gasteiger partial charge >= 0.3 is 5.97 Å². The van der Waals surface area contributed by atoms with Crippen molar-refractivity contribution in [2.24, 2.45) is 0 Å². The number of carbonyl (C=O) groups excluding carboxylic acids is 1. The van der Waals surface area contributed by atoms with Crippen LogP contribution in [0.15, 0.2) is 0 Å². The van der Waals surface area contributed by atoms with Gasteiger partial charge in [-0.3, -0.25) is 4.79 Å². The molecule has 88 valence electrons. The number of esters is 1. The van der Waals surface area contributed by atoms with Gasteiger partial charge in [-0.2, -0.15) is 0 Å². The van der Waals surface area contributed by atoms with E-state index < -0.39 is 5.60 Å². The van der Waals surface area contributed by atoms with Crippen molar-refractivity contribution >= 4 is 5.97 Å². The molecule has 0 bridgehead atoms. The SMILES string of the molecule is CC(C)(C)OC(=O)C[C@@H]1C[C@@H](O)CCN1. The van der Waals surface area contributed by atoms with Crippen LogP contribution < -0.4 is 5.32 Å². The number of ether oxygens (including phenoxy) is 1. The monoisotopic (exact) mass is 215 g/mol. The molecule has 0 aliphatic carbocycles. The fourth-order valence-electron chi connectivity index (χ4n) is 1.72. The lowest BCUT2D eigenvalue weighted by Gasteiger charge is -2.28. The minimum absolute atomic E-state index is 0.0589. The zero-order valence-corrected chi connectivity index (χ0v) is 9.75. The molecule has 4 nitrogen and oxygen atoms in total. The first-order valence-corrected chi connectivity index (χ1v) is 5.50. The van der Waals surface area contributed by atoms with Crippen molar-refractivity contribution < 1.29 is 14.6 Å². The van der Waals surface area contributed by atoms with E-state index in [9.17, 15) is 9.90 Å². The predicted molar refractivity (Wildman–Crippen MR) is 57.5 cm³/mol. The average Bonchev–Trinajstić information content (AvgIpc) is 1.99. The van der Waals surface area contributed by atoms with Crippen LogP contribution in [0.4, 0.5) is 0 Å². The number of hydrogen-bond donors (Lipinski definition) is 2. The zero-order chi connectivity index (χ0) is 11.5. The van der Waals surface area contributed by atoms with E-state index in [1.165, 1.54) is 0 Å². The van der Waals surface area contributed by atoms with Gasteiger partial charge in [0.25, 0.3) is 0 Å². The molecule has 1 rings (SSSR count). The Kier molecular flexibility index (Phi) is 4.11. The second kappa shape index (κ2) is 4.94. The summed E-state index contributed by atoms with van der Waals surface area (Å²) in [7, 11) is 0. The third-order valence-corrected chi connectivity index (χ3v) is 2.30. The van der Waals surface area contributed by atoms with Gasteiger partial charge in [0.05, 0.1) is 12.5 Å². The highest BCUT2D eigenvalue weighted by atomic mass is 16.6. The van der Waals surface area contributed by atoms with Crippen molar-refractivity contribution in [3.05, 3.63) is 0 Å². The Morgan fingerprint density at radius 1 is 1.53 bits per heavy atom. The van der Waals surface area contributed by atoms with Gasteiger partial charge in [0.15, 0.2) is 0 Å². The van der Waals surface area contributed by atoms with Crippen molar-refractivity contribution in [3.8, 4) is 0 Å². The molecule has 0 amide bonds. The molecule has 2 N–H and O–H groups in total. The molecule has 0 radical (unpaired) electrons. The fourth-order valence-corrected chi connectivity index (χ4v) is 1.72. The average molecular weight is 215 g/mol. The molecule has 0 aromatic rings. The second-order valence-electron chi connectivity index (χ2n) is 5.12. The molecule has 2 atom stereocenters. The Morgan fingerprint density at radius 3 is 2.73 bits per heavy atom. The molecular formula is C11H21NO3. The molecule has 1 heterocycles. The van der Waals surface area contributed by atoms with Gasteiger partial charge < -0.3 is 15.2 Å². The third-order valence-electron chi connectivity index (χ3n) is 2.30. The normalized spacial score (nSPS) is 27.5. The number of aliphatic hydroxyl groups excluding tert-OH is 1. The number of hydrogen-bond acceptors (Lipinski definition) is 4. The van der Waals surface area contributed by atoms with E-state index in [1.54, 1.807) is 0 Å². The van der Waals surface area contributed by atoms with Crippen molar-refractivity contribution in [1.82, 2.24) is 5.32 Å². The predicted octanol–water partition coefficient (Wildman–Crippen LogP) is 0.831. The summed E-state index contributed by atoms with van der Waals surface area (Å²) in [6.07, 6.45) is 1.47. The lowest BCUT2D eigenvalue weighted by Crippen LogP contribution is -2.42. The molecule has 1 saturated heterocycles. The largest absolute Gasteiger partial charge is 0.460 e. The van der Waals surface area contributed by atoms with Gasteiger partial charge in [-0.1, -0.05) is 0 Å². The Bertz CT molecular complexity index is 222. The van der Waals surface area contributed by atoms with Crippen LogP contribution in [0.1, 0.15) is 40.0 Å². The molecule has 0 aromatic carbocycles. The molecule has 0 spiro atoms. The third kappa shape index (κ3) is 5.14. The molecule has 15 heavy (non-hydrogen) atoms. The molecule has 4 heteroatoms. The maximum absolute atomic E-state index is 11.5. The number of carbonyl (C=O) groups is 1. The molecule has 0 unspecified atom stereocenters. The van der Waals surface area contributed by atoms with Crippen LogP contribution in [-0.2, 0) is 9.53 Å². The van der Waals surface area contributed by atoms with Crippen LogP contribution >= 0.6 is 0 Å². The second-order valence-corrected chi connectivity index (χ2v) is 5.12. The highest BCUT2D eigenvalue weighted by Gasteiger charge is 2.24. The Labute approximate surface area is 91.0 Å². The first-order chi connectivity index (χ1) is 6.87. The fraction of sp³-hybridized carbons (Fsp3) is 0.909. The van der Waals surface area contributed by atoms with E-state index in [2.05, 4.69) is 5.32 Å². The molecule has 1 fully saturated rings. The maximum Gasteiger partial charge on any atom is 0.307 e. The lowest BCUT2D eigenvalue weighted by molar-refractivity contribution is -0.155. The molecule has 0 saturated carbocycles. The molecular weight excluding hydrogens is 194 g/mol. The summed E-state index contributed by atoms with van der Waals surface area (Å²) in [5.74, 6) is -0.200. The van der Waals surface area contributed by atoms with Gasteiger partial charge in [-0.25, -0.2) is 0 Å². The van der Waals surface area contributed by atoms with Gasteiger partial charge in [0, 0.05) is 6.04 Å². The first-order valence-electron chi connectivity index (χ1n) is 5.50. The standard InChI is InChI=1S/C11H21NO3/c1-11(2,3)15-10(14)7-8-6-9(13)4-5-12-8/h8-9,12-13H,4-7H2,1-3H3/t8-,9-/m0/s1. The number of nitrogens with one attached hydrogen (secondary N) is 1.